The maximum absolute atomic E-state index is 13.1. The van der Waals surface area contributed by atoms with Crippen LogP contribution in [0.2, 0.25) is 0 Å². The first-order valence-corrected chi connectivity index (χ1v) is 8.55. The Balaban J connectivity index is 1.83. The van der Waals surface area contributed by atoms with Crippen LogP contribution in [0.25, 0.3) is 0 Å². The number of amides is 1. The Morgan fingerprint density at radius 3 is 2.91 bits per heavy atom. The predicted octanol–water partition coefficient (Wildman–Crippen LogP) is 1.69. The maximum Gasteiger partial charge on any atom is 0.248 e. The summed E-state index contributed by atoms with van der Waals surface area (Å²) in [4.78, 5) is 17.4. The minimum Gasteiger partial charge on any atom is -0.345 e. The van der Waals surface area contributed by atoms with E-state index in [1.54, 1.807) is 23.7 Å². The summed E-state index contributed by atoms with van der Waals surface area (Å²) in [6.45, 7) is 3.71. The topological polar surface area (TPSA) is 71.8 Å². The van der Waals surface area contributed by atoms with Crippen molar-refractivity contribution in [3.8, 4) is 0 Å². The monoisotopic (exact) mass is 319 g/mol. The number of carbonyl (C=O) groups excluding carboxylic acids is 1. The number of hydrogen-bond donors (Lipinski definition) is 2. The van der Waals surface area contributed by atoms with Crippen molar-refractivity contribution in [2.45, 2.75) is 37.8 Å². The number of thiazole rings is 1. The summed E-state index contributed by atoms with van der Waals surface area (Å²) in [7, 11) is 0. The van der Waals surface area contributed by atoms with Crippen molar-refractivity contribution in [3.05, 3.63) is 35.0 Å². The van der Waals surface area contributed by atoms with E-state index in [0.29, 0.717) is 0 Å². The highest BCUT2D eigenvalue weighted by atomic mass is 32.1. The molecule has 0 bridgehead atoms. The fourth-order valence-electron chi connectivity index (χ4n) is 2.96. The highest BCUT2D eigenvalue weighted by Gasteiger charge is 2.42. The largest absolute Gasteiger partial charge is 0.345 e. The standard InChI is InChI=1S/C15H21N5OS/c1-2-12(13-17-9-11-22-13)19-14(21)15(4-7-16-8-5-15)20-10-3-6-18-20/h3,6,9-12,16H,2,4-5,7-8H2,1H3,(H,19,21). The molecular formula is C15H21N5OS. The van der Waals surface area contributed by atoms with Gasteiger partial charge in [-0.15, -0.1) is 11.3 Å². The molecule has 3 heterocycles. The van der Waals surface area contributed by atoms with Crippen molar-refractivity contribution < 1.29 is 4.79 Å². The van der Waals surface area contributed by atoms with Crippen molar-refractivity contribution in [1.82, 2.24) is 25.4 Å². The van der Waals surface area contributed by atoms with Gasteiger partial charge < -0.3 is 10.6 Å². The summed E-state index contributed by atoms with van der Waals surface area (Å²) in [5.74, 6) is 0.0414. The van der Waals surface area contributed by atoms with E-state index in [-0.39, 0.29) is 11.9 Å². The van der Waals surface area contributed by atoms with Crippen molar-refractivity contribution in [3.63, 3.8) is 0 Å². The second kappa shape index (κ2) is 6.58. The second-order valence-electron chi connectivity index (χ2n) is 5.54. The van der Waals surface area contributed by atoms with Crippen LogP contribution < -0.4 is 10.6 Å². The number of rotatable bonds is 5. The molecule has 0 aromatic carbocycles. The number of nitrogens with one attached hydrogen (secondary N) is 2. The van der Waals surface area contributed by atoms with Crippen molar-refractivity contribution in [2.75, 3.05) is 13.1 Å². The van der Waals surface area contributed by atoms with Crippen LogP contribution in [0.1, 0.15) is 37.2 Å². The van der Waals surface area contributed by atoms with Gasteiger partial charge in [-0.2, -0.15) is 5.10 Å². The highest BCUT2D eigenvalue weighted by molar-refractivity contribution is 7.09. The third-order valence-electron chi connectivity index (χ3n) is 4.26. The van der Waals surface area contributed by atoms with E-state index in [2.05, 4.69) is 27.6 Å². The summed E-state index contributed by atoms with van der Waals surface area (Å²) in [5, 5.41) is 13.8. The molecule has 1 fully saturated rings. The van der Waals surface area contributed by atoms with Crippen LogP contribution in [-0.4, -0.2) is 33.8 Å². The van der Waals surface area contributed by atoms with Gasteiger partial charge in [0.25, 0.3) is 0 Å². The first-order valence-electron chi connectivity index (χ1n) is 7.67. The normalized spacial score (nSPS) is 18.8. The van der Waals surface area contributed by atoms with Gasteiger partial charge in [-0.3, -0.25) is 9.48 Å². The Hall–Kier alpha value is -1.73. The van der Waals surface area contributed by atoms with Crippen LogP contribution >= 0.6 is 11.3 Å². The molecule has 0 spiro atoms. The van der Waals surface area contributed by atoms with Gasteiger partial charge in [0.05, 0.1) is 6.04 Å². The number of carbonyl (C=O) groups is 1. The molecule has 2 N–H and O–H groups in total. The molecule has 1 atom stereocenters. The minimum atomic E-state index is -0.598. The molecule has 1 amide bonds. The smallest absolute Gasteiger partial charge is 0.248 e. The fourth-order valence-corrected chi connectivity index (χ4v) is 3.73. The average molecular weight is 319 g/mol. The van der Waals surface area contributed by atoms with Crippen LogP contribution in [-0.2, 0) is 10.3 Å². The molecule has 2 aromatic rings. The summed E-state index contributed by atoms with van der Waals surface area (Å²) in [6.07, 6.45) is 7.71. The van der Waals surface area contributed by atoms with Crippen molar-refractivity contribution in [2.24, 2.45) is 0 Å². The fraction of sp³-hybridized carbons (Fsp3) is 0.533. The lowest BCUT2D eigenvalue weighted by Crippen LogP contribution is -2.55. The van der Waals surface area contributed by atoms with E-state index >= 15 is 0 Å². The minimum absolute atomic E-state index is 0.0326. The Bertz CT molecular complexity index is 589. The Labute approximate surface area is 133 Å². The van der Waals surface area contributed by atoms with E-state index in [4.69, 9.17) is 0 Å². The van der Waals surface area contributed by atoms with E-state index in [1.807, 2.05) is 22.3 Å². The molecular weight excluding hydrogens is 298 g/mol. The molecule has 118 valence electrons. The van der Waals surface area contributed by atoms with Gasteiger partial charge >= 0.3 is 0 Å². The van der Waals surface area contributed by atoms with Crippen LogP contribution in [0.4, 0.5) is 0 Å². The summed E-state index contributed by atoms with van der Waals surface area (Å²) in [6, 6.07) is 1.84. The third kappa shape index (κ3) is 2.78. The number of nitrogens with zero attached hydrogens (tertiary/aromatic N) is 3. The molecule has 1 aliphatic rings. The molecule has 0 saturated carbocycles. The molecule has 3 rings (SSSR count). The number of piperidine rings is 1. The van der Waals surface area contributed by atoms with Crippen LogP contribution in [0.15, 0.2) is 30.0 Å². The molecule has 1 aliphatic heterocycles. The van der Waals surface area contributed by atoms with Crippen LogP contribution in [0, 0.1) is 0 Å². The zero-order valence-electron chi connectivity index (χ0n) is 12.7. The zero-order valence-corrected chi connectivity index (χ0v) is 13.5. The summed E-state index contributed by atoms with van der Waals surface area (Å²) >= 11 is 1.58. The molecule has 22 heavy (non-hydrogen) atoms. The lowest BCUT2D eigenvalue weighted by atomic mass is 9.87. The van der Waals surface area contributed by atoms with E-state index in [1.165, 1.54) is 0 Å². The predicted molar refractivity (Wildman–Crippen MR) is 85.6 cm³/mol. The van der Waals surface area contributed by atoms with Gasteiger partial charge in [0, 0.05) is 24.0 Å². The van der Waals surface area contributed by atoms with Crippen LogP contribution in [0.3, 0.4) is 0 Å². The molecule has 7 heteroatoms. The van der Waals surface area contributed by atoms with E-state index in [0.717, 1.165) is 37.4 Å². The molecule has 0 aliphatic carbocycles. The SMILES string of the molecule is CCC(NC(=O)C1(n2cccn2)CCNCC1)c1nccs1. The van der Waals surface area contributed by atoms with Gasteiger partial charge in [-0.25, -0.2) is 4.98 Å². The lowest BCUT2D eigenvalue weighted by Gasteiger charge is -2.37. The molecule has 0 radical (unpaired) electrons. The molecule has 6 nitrogen and oxygen atoms in total. The summed E-state index contributed by atoms with van der Waals surface area (Å²) < 4.78 is 1.82. The lowest BCUT2D eigenvalue weighted by molar-refractivity contribution is -0.132. The Morgan fingerprint density at radius 1 is 1.50 bits per heavy atom. The summed E-state index contributed by atoms with van der Waals surface area (Å²) in [5.41, 5.74) is -0.598. The quantitative estimate of drug-likeness (QED) is 0.880. The third-order valence-corrected chi connectivity index (χ3v) is 5.15. The van der Waals surface area contributed by atoms with Gasteiger partial charge in [-0.1, -0.05) is 6.92 Å². The first kappa shape index (κ1) is 15.2. The Kier molecular flexibility index (Phi) is 4.54. The van der Waals surface area contributed by atoms with E-state index in [9.17, 15) is 4.79 Å². The van der Waals surface area contributed by atoms with Gasteiger partial charge in [0.1, 0.15) is 10.5 Å². The van der Waals surface area contributed by atoms with Crippen molar-refractivity contribution in [1.29, 1.82) is 0 Å². The molecule has 1 saturated heterocycles. The zero-order chi connectivity index (χ0) is 15.4. The first-order chi connectivity index (χ1) is 10.8. The maximum atomic E-state index is 13.1. The van der Waals surface area contributed by atoms with Gasteiger partial charge in [-0.05, 0) is 38.4 Å². The average Bonchev–Trinajstić information content (AvgIpc) is 3.26. The van der Waals surface area contributed by atoms with Gasteiger partial charge in [0.15, 0.2) is 0 Å². The molecule has 1 unspecified atom stereocenters. The Morgan fingerprint density at radius 2 is 2.32 bits per heavy atom. The number of hydrogen-bond acceptors (Lipinski definition) is 5. The van der Waals surface area contributed by atoms with Crippen molar-refractivity contribution >= 4 is 17.2 Å². The van der Waals surface area contributed by atoms with E-state index < -0.39 is 5.54 Å². The number of aromatic nitrogens is 3. The molecule has 2 aromatic heterocycles. The van der Waals surface area contributed by atoms with Gasteiger partial charge in [0.2, 0.25) is 5.91 Å². The van der Waals surface area contributed by atoms with Crippen LogP contribution in [0.5, 0.6) is 0 Å². The highest BCUT2D eigenvalue weighted by Crippen LogP contribution is 2.29. The second-order valence-corrected chi connectivity index (χ2v) is 6.46.